The zero-order valence-electron chi connectivity index (χ0n) is 10.0. The van der Waals surface area contributed by atoms with E-state index in [1.807, 2.05) is 0 Å². The number of nitrogens with zero attached hydrogens (tertiary/aromatic N) is 2. The first kappa shape index (κ1) is 11.8. The number of halogens is 1. The predicted molar refractivity (Wildman–Crippen MR) is 73.5 cm³/mol. The number of aromatic amines is 1. The van der Waals surface area contributed by atoms with Gasteiger partial charge in [0.05, 0.1) is 5.56 Å². The van der Waals surface area contributed by atoms with Crippen LogP contribution in [0.25, 0.3) is 10.9 Å². The summed E-state index contributed by atoms with van der Waals surface area (Å²) in [5, 5.41) is 15.0. The number of H-pyrrole nitrogens is 1. The van der Waals surface area contributed by atoms with E-state index in [1.165, 1.54) is 6.21 Å². The normalized spacial score (nSPS) is 11.7. The summed E-state index contributed by atoms with van der Waals surface area (Å²) in [6, 6.07) is 7.02. The van der Waals surface area contributed by atoms with Crippen LogP contribution in [0, 0.1) is 6.92 Å². The van der Waals surface area contributed by atoms with Gasteiger partial charge in [-0.3, -0.25) is 0 Å². The molecule has 0 aliphatic heterocycles. The van der Waals surface area contributed by atoms with E-state index in [-0.39, 0.29) is 5.88 Å². The molecule has 0 aliphatic rings. The fourth-order valence-corrected chi connectivity index (χ4v) is 2.02. The number of aromatic nitrogens is 2. The van der Waals surface area contributed by atoms with Gasteiger partial charge in [-0.25, -0.2) is 4.99 Å². The monoisotopic (exact) mass is 275 g/mol. The maximum atomic E-state index is 9.87. The van der Waals surface area contributed by atoms with E-state index in [0.717, 1.165) is 10.9 Å². The molecule has 0 unspecified atom stereocenters. The lowest BCUT2D eigenvalue weighted by molar-refractivity contribution is 0.399. The maximum Gasteiger partial charge on any atom is 0.198 e. The van der Waals surface area contributed by atoms with Crippen molar-refractivity contribution >= 4 is 34.5 Å². The van der Waals surface area contributed by atoms with Crippen LogP contribution < -0.4 is 0 Å². The standard InChI is InChI=1S/C13H10ClN3O2/c1-7-4-12(17-19-7)15-6-10-9-5-8(14)2-3-11(9)16-13(10)18/h2-6,16,18H,1H3. The Labute approximate surface area is 113 Å². The molecule has 0 spiro atoms. The summed E-state index contributed by atoms with van der Waals surface area (Å²) in [5.41, 5.74) is 1.36. The van der Waals surface area contributed by atoms with Crippen molar-refractivity contribution < 1.29 is 9.63 Å². The molecule has 6 heteroatoms. The number of rotatable bonds is 2. The van der Waals surface area contributed by atoms with Crippen molar-refractivity contribution in [1.29, 1.82) is 0 Å². The number of hydrogen-bond acceptors (Lipinski definition) is 4. The van der Waals surface area contributed by atoms with E-state index >= 15 is 0 Å². The topological polar surface area (TPSA) is 74.4 Å². The Morgan fingerprint density at radius 1 is 1.42 bits per heavy atom. The molecule has 0 saturated heterocycles. The summed E-state index contributed by atoms with van der Waals surface area (Å²) in [6.45, 7) is 1.79. The zero-order chi connectivity index (χ0) is 13.4. The molecule has 96 valence electrons. The average molecular weight is 276 g/mol. The fourth-order valence-electron chi connectivity index (χ4n) is 1.85. The molecule has 0 fully saturated rings. The van der Waals surface area contributed by atoms with Gasteiger partial charge in [-0.2, -0.15) is 0 Å². The minimum Gasteiger partial charge on any atom is -0.494 e. The van der Waals surface area contributed by atoms with E-state index in [9.17, 15) is 5.11 Å². The van der Waals surface area contributed by atoms with Crippen LogP contribution in [0.15, 0.2) is 33.8 Å². The first-order valence-electron chi connectivity index (χ1n) is 5.61. The Morgan fingerprint density at radius 2 is 2.26 bits per heavy atom. The Hall–Kier alpha value is -2.27. The molecule has 3 rings (SSSR count). The van der Waals surface area contributed by atoms with Gasteiger partial charge in [0.1, 0.15) is 5.76 Å². The second kappa shape index (κ2) is 4.44. The number of hydrogen-bond donors (Lipinski definition) is 2. The molecule has 2 heterocycles. The largest absolute Gasteiger partial charge is 0.494 e. The quantitative estimate of drug-likeness (QED) is 0.702. The van der Waals surface area contributed by atoms with Crippen LogP contribution in [-0.2, 0) is 0 Å². The van der Waals surface area contributed by atoms with Crippen molar-refractivity contribution in [3.05, 3.63) is 40.6 Å². The summed E-state index contributed by atoms with van der Waals surface area (Å²) < 4.78 is 4.92. The van der Waals surface area contributed by atoms with Crippen LogP contribution in [0.2, 0.25) is 5.02 Å². The van der Waals surface area contributed by atoms with E-state index in [2.05, 4.69) is 15.1 Å². The lowest BCUT2D eigenvalue weighted by Crippen LogP contribution is -1.79. The van der Waals surface area contributed by atoms with Crippen molar-refractivity contribution in [2.24, 2.45) is 4.99 Å². The molecule has 1 aromatic carbocycles. The van der Waals surface area contributed by atoms with E-state index in [1.54, 1.807) is 31.2 Å². The van der Waals surface area contributed by atoms with Crippen LogP contribution in [0.3, 0.4) is 0 Å². The molecule has 19 heavy (non-hydrogen) atoms. The predicted octanol–water partition coefficient (Wildman–Crippen LogP) is 3.57. The van der Waals surface area contributed by atoms with Crippen molar-refractivity contribution in [1.82, 2.24) is 10.1 Å². The molecule has 0 amide bonds. The van der Waals surface area contributed by atoms with E-state index in [0.29, 0.717) is 22.2 Å². The minimum atomic E-state index is 0.0428. The zero-order valence-corrected chi connectivity index (χ0v) is 10.8. The van der Waals surface area contributed by atoms with Crippen LogP contribution >= 0.6 is 11.6 Å². The summed E-state index contributed by atoms with van der Waals surface area (Å²) in [6.07, 6.45) is 1.53. The summed E-state index contributed by atoms with van der Waals surface area (Å²) in [7, 11) is 0. The van der Waals surface area contributed by atoms with Gasteiger partial charge >= 0.3 is 0 Å². The van der Waals surface area contributed by atoms with Crippen molar-refractivity contribution in [2.75, 3.05) is 0 Å². The van der Waals surface area contributed by atoms with Crippen molar-refractivity contribution in [2.45, 2.75) is 6.92 Å². The molecule has 0 aliphatic carbocycles. The highest BCUT2D eigenvalue weighted by Crippen LogP contribution is 2.28. The van der Waals surface area contributed by atoms with E-state index in [4.69, 9.17) is 16.1 Å². The number of aromatic hydroxyl groups is 1. The number of benzene rings is 1. The summed E-state index contributed by atoms with van der Waals surface area (Å²) in [5.74, 6) is 1.17. The second-order valence-corrected chi connectivity index (χ2v) is 4.57. The van der Waals surface area contributed by atoms with Crippen LogP contribution in [0.4, 0.5) is 5.82 Å². The van der Waals surface area contributed by atoms with Gasteiger partial charge in [0.15, 0.2) is 11.7 Å². The second-order valence-electron chi connectivity index (χ2n) is 4.13. The van der Waals surface area contributed by atoms with Gasteiger partial charge < -0.3 is 14.6 Å². The lowest BCUT2D eigenvalue weighted by atomic mass is 10.2. The Balaban J connectivity index is 2.07. The molecule has 2 N–H and O–H groups in total. The summed E-state index contributed by atoms with van der Waals surface area (Å²) >= 11 is 5.95. The van der Waals surface area contributed by atoms with Gasteiger partial charge in [-0.05, 0) is 25.1 Å². The third-order valence-corrected chi connectivity index (χ3v) is 2.96. The highest BCUT2D eigenvalue weighted by Gasteiger charge is 2.09. The van der Waals surface area contributed by atoms with Crippen LogP contribution in [0.5, 0.6) is 5.88 Å². The average Bonchev–Trinajstić information content (AvgIpc) is 2.90. The first-order valence-corrected chi connectivity index (χ1v) is 5.99. The van der Waals surface area contributed by atoms with E-state index < -0.39 is 0 Å². The van der Waals surface area contributed by atoms with Gasteiger partial charge in [-0.15, -0.1) is 0 Å². The molecule has 3 aromatic rings. The van der Waals surface area contributed by atoms with Gasteiger partial charge in [0, 0.05) is 28.2 Å². The fraction of sp³-hybridized carbons (Fsp3) is 0.0769. The smallest absolute Gasteiger partial charge is 0.198 e. The minimum absolute atomic E-state index is 0.0428. The molecule has 5 nitrogen and oxygen atoms in total. The number of aliphatic imine (C=N–C) groups is 1. The highest BCUT2D eigenvalue weighted by molar-refractivity contribution is 6.31. The lowest BCUT2D eigenvalue weighted by Gasteiger charge is -1.92. The molecular formula is C13H10ClN3O2. The third-order valence-electron chi connectivity index (χ3n) is 2.72. The van der Waals surface area contributed by atoms with Crippen LogP contribution in [-0.4, -0.2) is 21.5 Å². The van der Waals surface area contributed by atoms with Gasteiger partial charge in [0.2, 0.25) is 0 Å². The molecule has 0 radical (unpaired) electrons. The molecule has 2 aromatic heterocycles. The molecule has 0 bridgehead atoms. The Kier molecular flexibility index (Phi) is 2.76. The molecule has 0 atom stereocenters. The van der Waals surface area contributed by atoms with Crippen molar-refractivity contribution in [3.8, 4) is 5.88 Å². The maximum absolute atomic E-state index is 9.87. The molecular weight excluding hydrogens is 266 g/mol. The summed E-state index contributed by atoms with van der Waals surface area (Å²) in [4.78, 5) is 7.01. The highest BCUT2D eigenvalue weighted by atomic mass is 35.5. The van der Waals surface area contributed by atoms with Crippen LogP contribution in [0.1, 0.15) is 11.3 Å². The van der Waals surface area contributed by atoms with Gasteiger partial charge in [-0.1, -0.05) is 16.8 Å². The number of fused-ring (bicyclic) bond motifs is 1. The third kappa shape index (κ3) is 2.20. The SMILES string of the molecule is Cc1cc(N=Cc2c(O)[nH]c3ccc(Cl)cc23)no1. The first-order chi connectivity index (χ1) is 9.13. The number of aryl methyl sites for hydroxylation is 1. The Bertz CT molecular complexity index is 773. The van der Waals surface area contributed by atoms with Crippen molar-refractivity contribution in [3.63, 3.8) is 0 Å². The van der Waals surface area contributed by atoms with Gasteiger partial charge in [0.25, 0.3) is 0 Å². The number of nitrogens with one attached hydrogen (secondary N) is 1. The Morgan fingerprint density at radius 3 is 3.00 bits per heavy atom. The molecule has 0 saturated carbocycles.